The predicted octanol–water partition coefficient (Wildman–Crippen LogP) is 1.93. The van der Waals surface area contributed by atoms with Gasteiger partial charge in [-0.3, -0.25) is 15.2 Å². The molecule has 9 nitrogen and oxygen atoms in total. The molecule has 0 saturated heterocycles. The van der Waals surface area contributed by atoms with Crippen molar-refractivity contribution in [3.05, 3.63) is 54.3 Å². The number of benzene rings is 2. The molecular weight excluding hydrogens is 401 g/mol. The van der Waals surface area contributed by atoms with Gasteiger partial charge in [0.2, 0.25) is 21.9 Å². The minimum atomic E-state index is -3.83. The number of sulfonamides is 1. The fourth-order valence-electron chi connectivity index (χ4n) is 2.46. The predicted molar refractivity (Wildman–Crippen MR) is 103 cm³/mol. The van der Waals surface area contributed by atoms with Crippen LogP contribution in [0.3, 0.4) is 0 Å². The van der Waals surface area contributed by atoms with Gasteiger partial charge in [0.15, 0.2) is 5.82 Å². The number of nitrogens with zero attached hydrogens (tertiary/aromatic N) is 2. The Morgan fingerprint density at radius 2 is 1.90 bits per heavy atom. The van der Waals surface area contributed by atoms with Gasteiger partial charge in [0, 0.05) is 13.0 Å². The Balaban J connectivity index is 1.55. The molecule has 3 N–H and O–H groups in total. The van der Waals surface area contributed by atoms with Crippen molar-refractivity contribution in [1.82, 2.24) is 19.9 Å². The molecule has 0 atom stereocenters. The van der Waals surface area contributed by atoms with Crippen molar-refractivity contribution in [2.45, 2.75) is 11.3 Å². The second-order valence-corrected chi connectivity index (χ2v) is 7.62. The van der Waals surface area contributed by atoms with E-state index in [1.807, 2.05) is 12.1 Å². The van der Waals surface area contributed by atoms with E-state index < -0.39 is 21.7 Å². The highest BCUT2D eigenvalue weighted by molar-refractivity contribution is 7.89. The van der Waals surface area contributed by atoms with Crippen LogP contribution >= 0.6 is 0 Å². The number of methoxy groups -OCH3 is 1. The highest BCUT2D eigenvalue weighted by atomic mass is 32.2. The second-order valence-electron chi connectivity index (χ2n) is 5.86. The molecule has 0 spiro atoms. The average molecular weight is 419 g/mol. The first-order chi connectivity index (χ1) is 13.9. The number of aromatic nitrogens is 3. The molecule has 1 aromatic heterocycles. The standard InChI is InChI=1S/C18H18FN5O4S/c1-28-15-5-3-2-4-14(15)17-22-18(24-23-17)21-16(25)10-11-20-29(26,27)13-8-6-12(19)7-9-13/h2-9,20H,10-11H2,1H3,(H2,21,22,23,24,25). The fraction of sp³-hybridized carbons (Fsp3) is 0.167. The Bertz CT molecular complexity index is 1100. The lowest BCUT2D eigenvalue weighted by Crippen LogP contribution is -2.28. The van der Waals surface area contributed by atoms with Crippen molar-refractivity contribution in [3.63, 3.8) is 0 Å². The van der Waals surface area contributed by atoms with Gasteiger partial charge >= 0.3 is 0 Å². The Kier molecular flexibility index (Phi) is 6.20. The number of carbonyl (C=O) groups excluding carboxylic acids is 1. The average Bonchev–Trinajstić information content (AvgIpc) is 3.16. The number of carbonyl (C=O) groups is 1. The van der Waals surface area contributed by atoms with Crippen LogP contribution in [0.2, 0.25) is 0 Å². The molecule has 0 saturated carbocycles. The molecule has 2 aromatic carbocycles. The smallest absolute Gasteiger partial charge is 0.249 e. The van der Waals surface area contributed by atoms with Gasteiger partial charge < -0.3 is 4.74 Å². The monoisotopic (exact) mass is 419 g/mol. The maximum atomic E-state index is 12.9. The van der Waals surface area contributed by atoms with E-state index in [1.165, 1.54) is 7.11 Å². The summed E-state index contributed by atoms with van der Waals surface area (Å²) in [4.78, 5) is 16.1. The van der Waals surface area contributed by atoms with Crippen molar-refractivity contribution in [3.8, 4) is 17.1 Å². The third-order valence-electron chi connectivity index (χ3n) is 3.87. The zero-order chi connectivity index (χ0) is 20.9. The lowest BCUT2D eigenvalue weighted by molar-refractivity contribution is -0.116. The number of rotatable bonds is 8. The van der Waals surface area contributed by atoms with E-state index in [9.17, 15) is 17.6 Å². The van der Waals surface area contributed by atoms with Crippen LogP contribution in [0.1, 0.15) is 6.42 Å². The van der Waals surface area contributed by atoms with Crippen LogP contribution in [0.15, 0.2) is 53.4 Å². The number of aromatic amines is 1. The van der Waals surface area contributed by atoms with Gasteiger partial charge in [-0.15, -0.1) is 5.10 Å². The molecule has 11 heteroatoms. The minimum absolute atomic E-state index is 0.0531. The fourth-order valence-corrected chi connectivity index (χ4v) is 3.49. The molecule has 0 radical (unpaired) electrons. The van der Waals surface area contributed by atoms with Gasteiger partial charge in [-0.1, -0.05) is 12.1 Å². The van der Waals surface area contributed by atoms with Crippen LogP contribution in [0.4, 0.5) is 10.3 Å². The molecule has 1 amide bonds. The van der Waals surface area contributed by atoms with Crippen molar-refractivity contribution in [2.75, 3.05) is 19.0 Å². The van der Waals surface area contributed by atoms with Gasteiger partial charge in [0.1, 0.15) is 11.6 Å². The summed E-state index contributed by atoms with van der Waals surface area (Å²) in [7, 11) is -2.30. The third-order valence-corrected chi connectivity index (χ3v) is 5.34. The summed E-state index contributed by atoms with van der Waals surface area (Å²) in [6.45, 7) is -0.144. The molecule has 0 aliphatic carbocycles. The third kappa shape index (κ3) is 5.15. The van der Waals surface area contributed by atoms with Crippen molar-refractivity contribution in [1.29, 1.82) is 0 Å². The summed E-state index contributed by atoms with van der Waals surface area (Å²) >= 11 is 0. The lowest BCUT2D eigenvalue weighted by Gasteiger charge is -2.06. The Morgan fingerprint density at radius 1 is 1.17 bits per heavy atom. The molecule has 29 heavy (non-hydrogen) atoms. The van der Waals surface area contributed by atoms with E-state index >= 15 is 0 Å². The minimum Gasteiger partial charge on any atom is -0.496 e. The molecule has 0 fully saturated rings. The van der Waals surface area contributed by atoms with E-state index in [0.717, 1.165) is 24.3 Å². The number of nitrogens with one attached hydrogen (secondary N) is 3. The van der Waals surface area contributed by atoms with E-state index in [1.54, 1.807) is 12.1 Å². The van der Waals surface area contributed by atoms with Crippen LogP contribution in [-0.2, 0) is 14.8 Å². The van der Waals surface area contributed by atoms with Crippen LogP contribution in [0.5, 0.6) is 5.75 Å². The second kappa shape index (κ2) is 8.80. The maximum Gasteiger partial charge on any atom is 0.249 e. The summed E-state index contributed by atoms with van der Waals surface area (Å²) in [5, 5.41) is 9.12. The number of hydrogen-bond donors (Lipinski definition) is 3. The highest BCUT2D eigenvalue weighted by Crippen LogP contribution is 2.27. The van der Waals surface area contributed by atoms with Crippen molar-refractivity contribution in [2.24, 2.45) is 0 Å². The maximum absolute atomic E-state index is 12.9. The summed E-state index contributed by atoms with van der Waals surface area (Å²) in [5.41, 5.74) is 0.676. The summed E-state index contributed by atoms with van der Waals surface area (Å²) in [6.07, 6.45) is -0.140. The van der Waals surface area contributed by atoms with Gasteiger partial charge in [-0.05, 0) is 36.4 Å². The molecule has 0 unspecified atom stereocenters. The van der Waals surface area contributed by atoms with E-state index in [2.05, 4.69) is 25.2 Å². The summed E-state index contributed by atoms with van der Waals surface area (Å²) in [5.74, 6) is 0.0449. The van der Waals surface area contributed by atoms with E-state index in [4.69, 9.17) is 4.74 Å². The Hall–Kier alpha value is -3.31. The number of ether oxygens (including phenoxy) is 1. The van der Waals surface area contributed by atoms with Crippen LogP contribution in [0.25, 0.3) is 11.4 Å². The Morgan fingerprint density at radius 3 is 2.62 bits per heavy atom. The molecule has 1 heterocycles. The Labute approximate surface area is 166 Å². The molecule has 3 aromatic rings. The van der Waals surface area contributed by atoms with Crippen molar-refractivity contribution >= 4 is 21.9 Å². The lowest BCUT2D eigenvalue weighted by atomic mass is 10.2. The van der Waals surface area contributed by atoms with Gasteiger partial charge in [-0.25, -0.2) is 17.5 Å². The molecule has 152 valence electrons. The molecule has 0 aliphatic heterocycles. The van der Waals surface area contributed by atoms with Crippen molar-refractivity contribution < 1.29 is 22.3 Å². The first kappa shape index (κ1) is 20.4. The number of anilines is 1. The normalized spacial score (nSPS) is 11.2. The van der Waals surface area contributed by atoms with Gasteiger partial charge in [-0.2, -0.15) is 4.98 Å². The zero-order valence-electron chi connectivity index (χ0n) is 15.3. The number of halogens is 1. The van der Waals surface area contributed by atoms with Crippen LogP contribution < -0.4 is 14.8 Å². The zero-order valence-corrected chi connectivity index (χ0v) is 16.2. The summed E-state index contributed by atoms with van der Waals surface area (Å²) < 4.78 is 44.6. The number of H-pyrrole nitrogens is 1. The first-order valence-electron chi connectivity index (χ1n) is 8.50. The topological polar surface area (TPSA) is 126 Å². The molecule has 0 bridgehead atoms. The van der Waals surface area contributed by atoms with Gasteiger partial charge in [0.25, 0.3) is 0 Å². The van der Waals surface area contributed by atoms with E-state index in [0.29, 0.717) is 17.1 Å². The quantitative estimate of drug-likeness (QED) is 0.512. The number of amides is 1. The first-order valence-corrected chi connectivity index (χ1v) is 9.98. The molecule has 3 rings (SSSR count). The largest absolute Gasteiger partial charge is 0.496 e. The molecule has 0 aliphatic rings. The summed E-state index contributed by atoms with van der Waals surface area (Å²) in [6, 6.07) is 11.6. The van der Waals surface area contributed by atoms with Crippen LogP contribution in [0, 0.1) is 5.82 Å². The van der Waals surface area contributed by atoms with Crippen LogP contribution in [-0.4, -0.2) is 43.2 Å². The number of hydrogen-bond acceptors (Lipinski definition) is 6. The number of para-hydroxylation sites is 1. The highest BCUT2D eigenvalue weighted by Gasteiger charge is 2.15. The van der Waals surface area contributed by atoms with E-state index in [-0.39, 0.29) is 23.8 Å². The SMILES string of the molecule is COc1ccccc1-c1nc(NC(=O)CCNS(=O)(=O)c2ccc(F)cc2)n[nH]1. The molecular formula is C18H18FN5O4S. The van der Waals surface area contributed by atoms with Gasteiger partial charge in [0.05, 0.1) is 17.6 Å².